The van der Waals surface area contributed by atoms with E-state index >= 15 is 0 Å². The van der Waals surface area contributed by atoms with Crippen LogP contribution in [0.15, 0.2) is 0 Å². The summed E-state index contributed by atoms with van der Waals surface area (Å²) < 4.78 is 51.4. The van der Waals surface area contributed by atoms with Gasteiger partial charge in [0.2, 0.25) is 0 Å². The van der Waals surface area contributed by atoms with E-state index in [1.165, 1.54) is 0 Å². The predicted molar refractivity (Wildman–Crippen MR) is 28.0 cm³/mol. The predicted octanol–water partition coefficient (Wildman–Crippen LogP) is -5.52. The molecule has 88 valence electrons. The smallest absolute Gasteiger partial charge is 0.372 e. The normalized spacial score (nSPS) is 36.0. The van der Waals surface area contributed by atoms with Crippen molar-refractivity contribution in [2.45, 2.75) is 18.2 Å². The van der Waals surface area contributed by atoms with E-state index in [0.29, 0.717) is 13.0 Å². The zero-order valence-corrected chi connectivity index (χ0v) is 10.5. The lowest BCUT2D eigenvalue weighted by molar-refractivity contribution is -1.64. The molecule has 2 bridgehead atoms. The second-order valence-electron chi connectivity index (χ2n) is 3.31. The molecule has 2 aliphatic heterocycles. The lowest BCUT2D eigenvalue weighted by Crippen LogP contribution is -2.59. The highest BCUT2D eigenvalue weighted by Gasteiger charge is 2.63. The first-order chi connectivity index (χ1) is 7.02. The van der Waals surface area contributed by atoms with Crippen molar-refractivity contribution in [1.29, 1.82) is 0 Å². The molecule has 2 fully saturated rings. The van der Waals surface area contributed by atoms with Crippen LogP contribution in [-0.2, 0) is 7.76 Å². The minimum Gasteiger partial charge on any atom is -0.372 e. The Hall–Kier alpha value is 0.640. The first kappa shape index (κ1) is 12.1. The van der Waals surface area contributed by atoms with Gasteiger partial charge in [-0.05, 0) is 0 Å². The number of nitrogens with zero attached hydrogens (tertiary/aromatic N) is 1. The van der Waals surface area contributed by atoms with Crippen LogP contribution in [-0.4, -0.2) is 29.9 Å². The third-order valence-electron chi connectivity index (χ3n) is 2.42. The lowest BCUT2D eigenvalue weighted by Gasteiger charge is -2.25. The van der Waals surface area contributed by atoms with Crippen LogP contribution in [0, 0.1) is 29.6 Å². The maximum atomic E-state index is 10.6. The quantitative estimate of drug-likeness (QED) is 0.531. The molecule has 1 N–H and O–H groups in total. The summed E-state index contributed by atoms with van der Waals surface area (Å²) in [7, 11) is 0. The maximum absolute atomic E-state index is 10.6. The number of hydrogen-bond acceptors (Lipinski definition) is 8. The highest BCUT2D eigenvalue weighted by Crippen LogP contribution is 2.36. The van der Waals surface area contributed by atoms with Crippen molar-refractivity contribution < 1.29 is 54.2 Å². The molecule has 0 aromatic rings. The molecule has 15 heavy (non-hydrogen) atoms. The van der Waals surface area contributed by atoms with Gasteiger partial charge in [-0.15, -0.1) is 0 Å². The van der Waals surface area contributed by atoms with Gasteiger partial charge in [-0.3, -0.25) is 0 Å². The molecule has 2 rings (SSSR count). The fraction of sp³-hybridized carbons (Fsp3) is 1.00. The van der Waals surface area contributed by atoms with Crippen molar-refractivity contribution in [3.63, 3.8) is 0 Å². The Morgan fingerprint density at radius 2 is 2.00 bits per heavy atom. The molecule has 2 aliphatic rings. The Labute approximate surface area is 96.0 Å². The van der Waals surface area contributed by atoms with Gasteiger partial charge in [0, 0.05) is 16.3 Å². The largest absolute Gasteiger partial charge is 0.464 e. The molecule has 0 spiro atoms. The summed E-state index contributed by atoms with van der Waals surface area (Å²) in [5.74, 6) is 0. The third kappa shape index (κ3) is 2.49. The number of hydroxylamine groups is 2. The maximum Gasteiger partial charge on any atom is 0.464 e. The molecule has 0 radical (unpaired) electrons. The Balaban J connectivity index is 2.05. The molecule has 0 saturated carbocycles. The van der Waals surface area contributed by atoms with Gasteiger partial charge in [-0.25, -0.2) is 0 Å². The van der Waals surface area contributed by atoms with Crippen molar-refractivity contribution in [3.05, 3.63) is 0 Å². The summed E-state index contributed by atoms with van der Waals surface area (Å²) in [5.41, 5.74) is -1.17. The molecule has 0 unspecified atom stereocenters. The van der Waals surface area contributed by atoms with E-state index in [0.717, 1.165) is 5.06 Å². The van der Waals surface area contributed by atoms with Crippen LogP contribution in [0.5, 0.6) is 0 Å². The third-order valence-corrected chi connectivity index (χ3v) is 3.87. The van der Waals surface area contributed by atoms with Crippen LogP contribution < -0.4 is 22.1 Å². The Kier molecular flexibility index (Phi) is 3.62. The summed E-state index contributed by atoms with van der Waals surface area (Å²) in [4.78, 5) is 0. The van der Waals surface area contributed by atoms with Gasteiger partial charge < -0.3 is 22.1 Å². The number of piperazine rings is 1. The zero-order valence-electron chi connectivity index (χ0n) is 7.35. The van der Waals surface area contributed by atoms with Crippen molar-refractivity contribution in [2.75, 3.05) is 13.1 Å². The van der Waals surface area contributed by atoms with Crippen molar-refractivity contribution in [3.8, 4) is 0 Å². The molecule has 10 heteroatoms. The summed E-state index contributed by atoms with van der Waals surface area (Å²) in [5, 5.41) is 4.09. The highest BCUT2D eigenvalue weighted by atomic mass is 80.0. The van der Waals surface area contributed by atoms with Gasteiger partial charge in [0.25, 0.3) is 5.72 Å². The average molecular weight is 352 g/mol. The molecular weight excluding hydrogens is 344 g/mol. The minimum atomic E-state index is -3.41. The highest BCUT2D eigenvalue weighted by molar-refractivity contribution is 5.00. The molecule has 2 heterocycles. The second kappa shape index (κ2) is 4.49. The molecule has 2 atom stereocenters. The van der Waals surface area contributed by atoms with Crippen LogP contribution >= 0.6 is 0 Å². The Morgan fingerprint density at radius 3 is 2.53 bits per heavy atom. The van der Waals surface area contributed by atoms with Crippen molar-refractivity contribution >= 4 is 0 Å². The van der Waals surface area contributed by atoms with E-state index in [-0.39, 0.29) is 12.6 Å². The van der Waals surface area contributed by atoms with Gasteiger partial charge in [0.15, 0.2) is 0 Å². The van der Waals surface area contributed by atoms with E-state index < -0.39 is 35.4 Å². The van der Waals surface area contributed by atoms with Gasteiger partial charge >= 0.3 is 29.6 Å². The van der Waals surface area contributed by atoms with Gasteiger partial charge in [0.05, 0.1) is 17.0 Å². The first-order valence-corrected chi connectivity index (χ1v) is 7.90. The van der Waals surface area contributed by atoms with E-state index in [9.17, 15) is 16.8 Å². The molecule has 0 aliphatic carbocycles. The van der Waals surface area contributed by atoms with E-state index in [2.05, 4.69) is 9.25 Å². The van der Waals surface area contributed by atoms with Crippen molar-refractivity contribution in [1.82, 2.24) is 10.4 Å². The van der Waals surface area contributed by atoms with Gasteiger partial charge in [0.1, 0.15) is 0 Å². The molecule has 2 saturated heterocycles. The van der Waals surface area contributed by atoms with E-state index in [1.807, 2.05) is 0 Å². The fourth-order valence-corrected chi connectivity index (χ4v) is 3.46. The lowest BCUT2D eigenvalue weighted by atomic mass is 10.2. The van der Waals surface area contributed by atoms with Crippen LogP contribution in [0.25, 0.3) is 0 Å². The van der Waals surface area contributed by atoms with Gasteiger partial charge in [-0.1, -0.05) is 5.06 Å². The van der Waals surface area contributed by atoms with Gasteiger partial charge in [-0.2, -0.15) is 0 Å². The second-order valence-corrected chi connectivity index (χ2v) is 5.51. The van der Waals surface area contributed by atoms with E-state index in [4.69, 9.17) is 3.83 Å². The molecular formula is C5H8Br2N2O6. The Bertz CT molecular complexity index is 244. The summed E-state index contributed by atoms with van der Waals surface area (Å²) in [6.07, 6.45) is 0.405. The number of halogens is 2. The monoisotopic (exact) mass is 350 g/mol. The number of hydrogen-bond donors (Lipinski definition) is 1. The number of rotatable bonds is 4. The molecule has 0 aromatic carbocycles. The first-order valence-electron chi connectivity index (χ1n) is 4.02. The SMILES string of the molecule is [O-][Br+2]([O-])ON1C[C@@H]2C[C@]1(O[Br+2]([O-])[O-])CN2. The van der Waals surface area contributed by atoms with Crippen LogP contribution in [0.1, 0.15) is 6.42 Å². The number of nitrogens with one attached hydrogen (secondary N) is 1. The average Bonchev–Trinajstić information content (AvgIpc) is 2.58. The fourth-order valence-electron chi connectivity index (χ4n) is 1.89. The van der Waals surface area contributed by atoms with E-state index in [1.54, 1.807) is 0 Å². The molecule has 0 amide bonds. The summed E-state index contributed by atoms with van der Waals surface area (Å²) >= 11 is -6.81. The molecule has 0 aromatic heterocycles. The van der Waals surface area contributed by atoms with Crippen LogP contribution in [0.3, 0.4) is 0 Å². The summed E-state index contributed by atoms with van der Waals surface area (Å²) in [6, 6.07) is 0.00787. The minimum absolute atomic E-state index is 0.00787. The molecule has 8 nitrogen and oxygen atoms in total. The Morgan fingerprint density at radius 1 is 1.27 bits per heavy atom. The standard InChI is InChI=1S/C5H8Br2N2O6/c10-6(11)14-5-1-4(8-3-5)2-9(5)15-7(12)13/h4,8H,1-3H2/t4-,5-/m0/s1. The van der Waals surface area contributed by atoms with Crippen LogP contribution in [0.4, 0.5) is 0 Å². The topological polar surface area (TPSA) is 126 Å². The van der Waals surface area contributed by atoms with Crippen LogP contribution in [0.2, 0.25) is 0 Å². The van der Waals surface area contributed by atoms with Crippen molar-refractivity contribution in [2.24, 2.45) is 0 Å². The summed E-state index contributed by atoms with van der Waals surface area (Å²) in [6.45, 7) is 0.543. The number of fused-ring (bicyclic) bond motifs is 2. The zero-order chi connectivity index (χ0) is 11.1.